The van der Waals surface area contributed by atoms with Crippen LogP contribution in [0.25, 0.3) is 0 Å². The molecule has 0 spiro atoms. The van der Waals surface area contributed by atoms with Gasteiger partial charge in [0.05, 0.1) is 39.9 Å². The molecule has 2 N–H and O–H groups in total. The highest BCUT2D eigenvalue weighted by molar-refractivity contribution is 7.45. The Morgan fingerprint density at radius 1 is 0.694 bits per heavy atom. The van der Waals surface area contributed by atoms with Gasteiger partial charge in [0.15, 0.2) is 0 Å². The Balaban J connectivity index is 4.44. The second-order valence-electron chi connectivity index (χ2n) is 15.4. The summed E-state index contributed by atoms with van der Waals surface area (Å²) in [5.41, 5.74) is 0. The van der Waals surface area contributed by atoms with E-state index in [9.17, 15) is 19.4 Å². The third-order valence-corrected chi connectivity index (χ3v) is 10.2. The summed E-state index contributed by atoms with van der Waals surface area (Å²) in [6.45, 7) is 4.63. The molecule has 0 saturated heterocycles. The number of aliphatic hydroxyl groups is 1. The zero-order chi connectivity index (χ0) is 36.5. The zero-order valence-electron chi connectivity index (χ0n) is 32.9. The van der Waals surface area contributed by atoms with Crippen molar-refractivity contribution in [3.63, 3.8) is 0 Å². The number of phosphoric acid groups is 1. The molecule has 1 unspecified atom stereocenters. The molecule has 8 nitrogen and oxygen atoms in total. The van der Waals surface area contributed by atoms with Crippen molar-refractivity contribution in [3.05, 3.63) is 12.2 Å². The van der Waals surface area contributed by atoms with Crippen LogP contribution in [0.4, 0.5) is 0 Å². The normalized spacial score (nSPS) is 14.7. The molecular weight excluding hydrogens is 635 g/mol. The van der Waals surface area contributed by atoms with Crippen LogP contribution in [0.2, 0.25) is 0 Å². The smallest absolute Gasteiger partial charge is 0.268 e. The number of likely N-dealkylation sites (N-methyl/N-ethyl adjacent to an activating group) is 1. The predicted octanol–water partition coefficient (Wildman–Crippen LogP) is 10.2. The van der Waals surface area contributed by atoms with Gasteiger partial charge in [0.1, 0.15) is 13.2 Å². The molecule has 0 fully saturated rings. The molecule has 1 amide bonds. The molecule has 0 aromatic rings. The van der Waals surface area contributed by atoms with Crippen molar-refractivity contribution < 1.29 is 32.9 Å². The SMILES string of the molecule is CCCCCCCCCCCCCCCCC/C=C/[C@@H](O)[C@H](COP(=O)([O-])OCC[N+](C)(C)C)NC(=O)CCCCCCCCCCCC. The number of quaternary nitrogens is 1. The number of nitrogens with one attached hydrogen (secondary N) is 1. The van der Waals surface area contributed by atoms with E-state index >= 15 is 0 Å². The maximum atomic E-state index is 12.8. The molecule has 0 heterocycles. The summed E-state index contributed by atoms with van der Waals surface area (Å²) >= 11 is 0. The number of hydrogen-bond acceptors (Lipinski definition) is 6. The molecule has 0 aliphatic heterocycles. The number of phosphoric ester groups is 1. The van der Waals surface area contributed by atoms with E-state index < -0.39 is 20.0 Å². The van der Waals surface area contributed by atoms with Crippen LogP contribution in [-0.2, 0) is 18.4 Å². The summed E-state index contributed by atoms with van der Waals surface area (Å²) in [5, 5.41) is 13.7. The number of aliphatic hydroxyl groups excluding tert-OH is 1. The molecule has 0 aromatic carbocycles. The monoisotopic (exact) mass is 717 g/mol. The van der Waals surface area contributed by atoms with Gasteiger partial charge in [0.2, 0.25) is 5.91 Å². The highest BCUT2D eigenvalue weighted by atomic mass is 31.2. The Labute approximate surface area is 303 Å². The molecule has 292 valence electrons. The first-order valence-corrected chi connectivity index (χ1v) is 22.0. The van der Waals surface area contributed by atoms with Gasteiger partial charge in [-0.05, 0) is 19.3 Å². The number of carbonyl (C=O) groups excluding carboxylic acids is 1. The van der Waals surface area contributed by atoms with Gasteiger partial charge in [-0.1, -0.05) is 174 Å². The van der Waals surface area contributed by atoms with Gasteiger partial charge in [0.25, 0.3) is 7.82 Å². The minimum absolute atomic E-state index is 0.00174. The number of unbranched alkanes of at least 4 members (excludes halogenated alkanes) is 24. The third kappa shape index (κ3) is 35.4. The highest BCUT2D eigenvalue weighted by Gasteiger charge is 2.23. The first kappa shape index (κ1) is 48.2. The van der Waals surface area contributed by atoms with Crippen LogP contribution in [0.15, 0.2) is 12.2 Å². The van der Waals surface area contributed by atoms with Crippen molar-refractivity contribution in [3.8, 4) is 0 Å². The summed E-state index contributed by atoms with van der Waals surface area (Å²) in [6.07, 6.45) is 35.4. The van der Waals surface area contributed by atoms with E-state index in [4.69, 9.17) is 9.05 Å². The maximum Gasteiger partial charge on any atom is 0.268 e. The largest absolute Gasteiger partial charge is 0.756 e. The van der Waals surface area contributed by atoms with E-state index in [-0.39, 0.29) is 19.1 Å². The lowest BCUT2D eigenvalue weighted by molar-refractivity contribution is -0.870. The molecule has 0 saturated carbocycles. The Hall–Kier alpha value is -0.760. The van der Waals surface area contributed by atoms with E-state index in [1.165, 1.54) is 128 Å². The average Bonchev–Trinajstić information content (AvgIpc) is 3.04. The first-order valence-electron chi connectivity index (χ1n) is 20.6. The fourth-order valence-corrected chi connectivity index (χ4v) is 6.64. The lowest BCUT2D eigenvalue weighted by Crippen LogP contribution is -2.45. The van der Waals surface area contributed by atoms with Crippen LogP contribution in [-0.4, -0.2) is 68.5 Å². The summed E-state index contributed by atoms with van der Waals surface area (Å²) in [6, 6.07) is -0.878. The number of rotatable bonds is 37. The Morgan fingerprint density at radius 3 is 1.53 bits per heavy atom. The van der Waals surface area contributed by atoms with E-state index in [0.717, 1.165) is 38.5 Å². The molecule has 0 aliphatic carbocycles. The van der Waals surface area contributed by atoms with E-state index in [1.54, 1.807) is 6.08 Å². The quantitative estimate of drug-likeness (QED) is 0.0287. The number of carbonyl (C=O) groups is 1. The van der Waals surface area contributed by atoms with Gasteiger partial charge < -0.3 is 28.8 Å². The predicted molar refractivity (Wildman–Crippen MR) is 205 cm³/mol. The Kier molecular flexibility index (Phi) is 32.6. The number of amides is 1. The molecule has 0 aliphatic rings. The molecule has 3 atom stereocenters. The Morgan fingerprint density at radius 2 is 1.10 bits per heavy atom. The van der Waals surface area contributed by atoms with Crippen LogP contribution in [0.1, 0.15) is 187 Å². The number of hydrogen-bond donors (Lipinski definition) is 2. The van der Waals surface area contributed by atoms with E-state index in [2.05, 4.69) is 19.2 Å². The molecule has 0 radical (unpaired) electrons. The fourth-order valence-electron chi connectivity index (χ4n) is 5.92. The van der Waals surface area contributed by atoms with Crippen molar-refractivity contribution in [2.75, 3.05) is 40.9 Å². The molecule has 49 heavy (non-hydrogen) atoms. The molecule has 0 rings (SSSR count). The van der Waals surface area contributed by atoms with E-state index in [0.29, 0.717) is 17.4 Å². The second kappa shape index (κ2) is 33.1. The average molecular weight is 717 g/mol. The zero-order valence-corrected chi connectivity index (χ0v) is 33.8. The van der Waals surface area contributed by atoms with Crippen molar-refractivity contribution in [1.29, 1.82) is 0 Å². The van der Waals surface area contributed by atoms with Crippen molar-refractivity contribution >= 4 is 13.7 Å². The standard InChI is InChI=1S/C40H81N2O6P/c1-6-8-10-12-14-16-18-19-20-21-22-23-24-25-27-29-31-33-39(43)38(37-48-49(45,46)47-36-35-42(3,4)5)41-40(44)34-32-30-28-26-17-15-13-11-9-7-2/h31,33,38-39,43H,6-30,32,34-37H2,1-5H3,(H-,41,44,45,46)/b33-31+/t38-,39+/m0/s1. The summed E-state index contributed by atoms with van der Waals surface area (Å²) in [7, 11) is 1.27. The van der Waals surface area contributed by atoms with Crippen LogP contribution in [0.3, 0.4) is 0 Å². The van der Waals surface area contributed by atoms with Crippen molar-refractivity contribution in [2.24, 2.45) is 0 Å². The summed E-state index contributed by atoms with van der Waals surface area (Å²) < 4.78 is 23.1. The van der Waals surface area contributed by atoms with Crippen molar-refractivity contribution in [1.82, 2.24) is 5.32 Å². The minimum atomic E-state index is -4.57. The van der Waals surface area contributed by atoms with Crippen LogP contribution in [0, 0.1) is 0 Å². The topological polar surface area (TPSA) is 108 Å². The first-order chi connectivity index (χ1) is 23.5. The molecular formula is C40H81N2O6P. The van der Waals surface area contributed by atoms with Crippen molar-refractivity contribution in [2.45, 2.75) is 199 Å². The van der Waals surface area contributed by atoms with Gasteiger partial charge in [-0.2, -0.15) is 0 Å². The molecule has 9 heteroatoms. The van der Waals surface area contributed by atoms with Gasteiger partial charge >= 0.3 is 0 Å². The Bertz CT molecular complexity index is 819. The van der Waals surface area contributed by atoms with Crippen LogP contribution in [0.5, 0.6) is 0 Å². The summed E-state index contributed by atoms with van der Waals surface area (Å²) in [4.78, 5) is 25.1. The highest BCUT2D eigenvalue weighted by Crippen LogP contribution is 2.38. The maximum absolute atomic E-state index is 12.8. The van der Waals surface area contributed by atoms with E-state index in [1.807, 2.05) is 27.2 Å². The summed E-state index contributed by atoms with van der Waals surface area (Å²) in [5.74, 6) is -0.199. The molecule has 0 aromatic heterocycles. The number of nitrogens with zero attached hydrogens (tertiary/aromatic N) is 1. The lowest BCUT2D eigenvalue weighted by atomic mass is 10.0. The minimum Gasteiger partial charge on any atom is -0.756 e. The molecule has 0 bridgehead atoms. The second-order valence-corrected chi connectivity index (χ2v) is 16.8. The lowest BCUT2D eigenvalue weighted by Gasteiger charge is -2.29. The van der Waals surface area contributed by atoms with Crippen LogP contribution < -0.4 is 10.2 Å². The van der Waals surface area contributed by atoms with Crippen LogP contribution >= 0.6 is 7.82 Å². The fraction of sp³-hybridized carbons (Fsp3) is 0.925. The van der Waals surface area contributed by atoms with Gasteiger partial charge in [-0.25, -0.2) is 0 Å². The third-order valence-electron chi connectivity index (χ3n) is 9.25. The number of allylic oxidation sites excluding steroid dienone is 1. The van der Waals surface area contributed by atoms with Gasteiger partial charge in [-0.15, -0.1) is 0 Å². The van der Waals surface area contributed by atoms with Gasteiger partial charge in [-0.3, -0.25) is 9.36 Å². The van der Waals surface area contributed by atoms with Gasteiger partial charge in [0, 0.05) is 6.42 Å².